The zero-order valence-electron chi connectivity index (χ0n) is 8.36. The minimum Gasteiger partial charge on any atom is -0.506 e. The van der Waals surface area contributed by atoms with E-state index in [1.54, 1.807) is 12.1 Å². The van der Waals surface area contributed by atoms with Crippen LogP contribution in [0.2, 0.25) is 0 Å². The molecule has 2 radical (unpaired) electrons. The molecule has 4 nitrogen and oxygen atoms in total. The van der Waals surface area contributed by atoms with E-state index < -0.39 is 0 Å². The Morgan fingerprint density at radius 3 is 1.38 bits per heavy atom. The van der Waals surface area contributed by atoms with E-state index in [0.29, 0.717) is 11.1 Å². The number of hydrogen-bond donors (Lipinski definition) is 2. The average Bonchev–Trinajstić information content (AvgIpc) is 2.26. The summed E-state index contributed by atoms with van der Waals surface area (Å²) in [5, 5.41) is 18.8. The van der Waals surface area contributed by atoms with Gasteiger partial charge in [0.25, 0.3) is 0 Å². The van der Waals surface area contributed by atoms with Gasteiger partial charge in [-0.25, -0.2) is 0 Å². The molecule has 0 atom stereocenters. The number of aromatic hydroxyl groups is 2. The van der Waals surface area contributed by atoms with Gasteiger partial charge in [0.2, 0.25) is 0 Å². The maximum Gasteiger partial charge on any atom is 0.141 e. The quantitative estimate of drug-likeness (QED) is 0.714. The van der Waals surface area contributed by atoms with Gasteiger partial charge in [-0.1, -0.05) is 12.1 Å². The first-order chi connectivity index (χ1) is 7.58. The SMILES string of the molecule is [NH]c1ccc(-c2ccc([NH])c(O)c2)cc1O. The Balaban J connectivity index is 2.50. The van der Waals surface area contributed by atoms with Gasteiger partial charge >= 0.3 is 0 Å². The number of rotatable bonds is 1. The van der Waals surface area contributed by atoms with Crippen molar-refractivity contribution in [3.8, 4) is 22.6 Å². The lowest BCUT2D eigenvalue weighted by Crippen LogP contribution is -1.80. The van der Waals surface area contributed by atoms with Crippen molar-refractivity contribution in [2.24, 2.45) is 0 Å². The first kappa shape index (κ1) is 10.2. The van der Waals surface area contributed by atoms with Crippen LogP contribution in [0.25, 0.3) is 11.1 Å². The molecule has 0 bridgehead atoms. The molecule has 0 amide bonds. The molecule has 2 rings (SSSR count). The molecule has 2 aromatic carbocycles. The second-order valence-electron chi connectivity index (χ2n) is 3.46. The molecule has 0 saturated carbocycles. The van der Waals surface area contributed by atoms with Crippen molar-refractivity contribution in [3.63, 3.8) is 0 Å². The Morgan fingerprint density at radius 2 is 1.06 bits per heavy atom. The van der Waals surface area contributed by atoms with Crippen LogP contribution in [0.15, 0.2) is 36.4 Å². The van der Waals surface area contributed by atoms with E-state index >= 15 is 0 Å². The Labute approximate surface area is 92.8 Å². The molecule has 0 spiro atoms. The largest absolute Gasteiger partial charge is 0.506 e. The maximum atomic E-state index is 9.40. The Kier molecular flexibility index (Phi) is 2.32. The zero-order valence-corrected chi connectivity index (χ0v) is 8.36. The summed E-state index contributed by atoms with van der Waals surface area (Å²) in [7, 11) is 0. The van der Waals surface area contributed by atoms with Crippen molar-refractivity contribution in [2.45, 2.75) is 0 Å². The van der Waals surface area contributed by atoms with Crippen LogP contribution in [0.4, 0.5) is 11.4 Å². The summed E-state index contributed by atoms with van der Waals surface area (Å²) in [5.74, 6) is -0.209. The fourth-order valence-electron chi connectivity index (χ4n) is 1.42. The number of nitrogens with one attached hydrogen (secondary N) is 2. The molecule has 2 aromatic rings. The van der Waals surface area contributed by atoms with E-state index in [1.807, 2.05) is 0 Å². The highest BCUT2D eigenvalue weighted by Crippen LogP contribution is 2.32. The highest BCUT2D eigenvalue weighted by atomic mass is 16.3. The highest BCUT2D eigenvalue weighted by Gasteiger charge is 2.04. The standard InChI is InChI=1S/C12H10N2O2/c13-9-3-1-7(5-11(9)15)8-2-4-10(14)12(16)6-8/h1-6,13-16H. The molecule has 4 N–H and O–H groups in total. The monoisotopic (exact) mass is 214 g/mol. The minimum atomic E-state index is -0.105. The van der Waals surface area contributed by atoms with Crippen LogP contribution in [0.3, 0.4) is 0 Å². The minimum absolute atomic E-state index is 0.0603. The molecule has 16 heavy (non-hydrogen) atoms. The van der Waals surface area contributed by atoms with Crippen LogP contribution < -0.4 is 11.5 Å². The summed E-state index contributed by atoms with van der Waals surface area (Å²) in [6, 6.07) is 9.25. The van der Waals surface area contributed by atoms with Gasteiger partial charge in [0.05, 0.1) is 11.4 Å². The number of phenols is 2. The van der Waals surface area contributed by atoms with Crippen molar-refractivity contribution in [3.05, 3.63) is 36.4 Å². The van der Waals surface area contributed by atoms with Crippen LogP contribution in [0, 0.1) is 0 Å². The molecule has 0 aliphatic heterocycles. The summed E-state index contributed by atoms with van der Waals surface area (Å²) in [6.07, 6.45) is 0. The van der Waals surface area contributed by atoms with Crippen LogP contribution in [0.1, 0.15) is 0 Å². The highest BCUT2D eigenvalue weighted by molar-refractivity contribution is 5.72. The predicted molar refractivity (Wildman–Crippen MR) is 60.7 cm³/mol. The van der Waals surface area contributed by atoms with Gasteiger partial charge in [0.1, 0.15) is 11.5 Å². The average molecular weight is 214 g/mol. The van der Waals surface area contributed by atoms with Gasteiger partial charge in [-0.15, -0.1) is 0 Å². The lowest BCUT2D eigenvalue weighted by molar-refractivity contribution is 0.475. The number of benzene rings is 2. The van der Waals surface area contributed by atoms with Crippen LogP contribution in [0.5, 0.6) is 11.5 Å². The lowest BCUT2D eigenvalue weighted by atomic mass is 10.0. The molecule has 0 fully saturated rings. The molecule has 0 aliphatic carbocycles. The molecule has 0 unspecified atom stereocenters. The summed E-state index contributed by atoms with van der Waals surface area (Å²) in [4.78, 5) is 0. The van der Waals surface area contributed by atoms with Crippen LogP contribution in [-0.4, -0.2) is 10.2 Å². The smallest absolute Gasteiger partial charge is 0.141 e. The summed E-state index contributed by atoms with van der Waals surface area (Å²) >= 11 is 0. The first-order valence-corrected chi connectivity index (χ1v) is 4.67. The molecule has 4 heteroatoms. The van der Waals surface area contributed by atoms with Crippen LogP contribution >= 0.6 is 0 Å². The van der Waals surface area contributed by atoms with E-state index in [0.717, 1.165) is 0 Å². The molecule has 0 aromatic heterocycles. The molecule has 0 aliphatic rings. The summed E-state index contributed by atoms with van der Waals surface area (Å²) < 4.78 is 0. The van der Waals surface area contributed by atoms with E-state index in [2.05, 4.69) is 0 Å². The van der Waals surface area contributed by atoms with Crippen molar-refractivity contribution in [1.29, 1.82) is 0 Å². The van der Waals surface area contributed by atoms with Gasteiger partial charge in [0, 0.05) is 0 Å². The van der Waals surface area contributed by atoms with Crippen molar-refractivity contribution in [1.82, 2.24) is 11.5 Å². The molecule has 80 valence electrons. The third-order valence-corrected chi connectivity index (χ3v) is 2.33. The topological polar surface area (TPSA) is 88.1 Å². The number of phenolic OH excluding ortho intramolecular Hbond substituents is 2. The molecule has 0 heterocycles. The zero-order chi connectivity index (χ0) is 11.7. The Hall–Kier alpha value is -2.36. The predicted octanol–water partition coefficient (Wildman–Crippen LogP) is 2.59. The third-order valence-electron chi connectivity index (χ3n) is 2.33. The van der Waals surface area contributed by atoms with Gasteiger partial charge in [-0.3, -0.25) is 11.5 Å². The Morgan fingerprint density at radius 1 is 0.688 bits per heavy atom. The lowest BCUT2D eigenvalue weighted by Gasteiger charge is -2.05. The van der Waals surface area contributed by atoms with Crippen molar-refractivity contribution in [2.75, 3.05) is 0 Å². The molecule has 0 saturated heterocycles. The number of hydrogen-bond acceptors (Lipinski definition) is 2. The second kappa shape index (κ2) is 3.66. The van der Waals surface area contributed by atoms with E-state index in [-0.39, 0.29) is 22.9 Å². The Bertz CT molecular complexity index is 489. The van der Waals surface area contributed by atoms with E-state index in [1.165, 1.54) is 24.3 Å². The normalized spacial score (nSPS) is 10.2. The van der Waals surface area contributed by atoms with Gasteiger partial charge in [0.15, 0.2) is 0 Å². The van der Waals surface area contributed by atoms with Gasteiger partial charge in [-0.05, 0) is 35.4 Å². The van der Waals surface area contributed by atoms with Gasteiger partial charge in [-0.2, -0.15) is 0 Å². The van der Waals surface area contributed by atoms with Gasteiger partial charge < -0.3 is 10.2 Å². The second-order valence-corrected chi connectivity index (χ2v) is 3.46. The van der Waals surface area contributed by atoms with Crippen molar-refractivity contribution >= 4 is 11.4 Å². The summed E-state index contributed by atoms with van der Waals surface area (Å²) in [6.45, 7) is 0. The molecular formula is C12H10N2O2. The van der Waals surface area contributed by atoms with Crippen molar-refractivity contribution < 1.29 is 10.2 Å². The first-order valence-electron chi connectivity index (χ1n) is 4.67. The third kappa shape index (κ3) is 1.72. The van der Waals surface area contributed by atoms with E-state index in [9.17, 15) is 10.2 Å². The fourth-order valence-corrected chi connectivity index (χ4v) is 1.42. The summed E-state index contributed by atoms with van der Waals surface area (Å²) in [5.41, 5.74) is 16.2. The maximum absolute atomic E-state index is 9.40. The molecular weight excluding hydrogens is 204 g/mol. The fraction of sp³-hybridized carbons (Fsp3) is 0. The van der Waals surface area contributed by atoms with Crippen LogP contribution in [-0.2, 0) is 0 Å². The van der Waals surface area contributed by atoms with E-state index in [4.69, 9.17) is 11.5 Å².